The number of amides is 1. The van der Waals surface area contributed by atoms with Gasteiger partial charge < -0.3 is 24.0 Å². The Morgan fingerprint density at radius 3 is 2.77 bits per heavy atom. The molecule has 0 aromatic carbocycles. The zero-order chi connectivity index (χ0) is 22.2. The lowest BCUT2D eigenvalue weighted by molar-refractivity contribution is -0.127. The van der Waals surface area contributed by atoms with Gasteiger partial charge in [0.15, 0.2) is 11.5 Å². The van der Waals surface area contributed by atoms with Crippen molar-refractivity contribution in [1.29, 1.82) is 0 Å². The Morgan fingerprint density at radius 2 is 2.13 bits per heavy atom. The van der Waals surface area contributed by atoms with Crippen LogP contribution in [0.25, 0.3) is 0 Å². The van der Waals surface area contributed by atoms with Crippen LogP contribution in [-0.2, 0) is 19.0 Å². The molecule has 6 nitrogen and oxygen atoms in total. The first-order valence-corrected chi connectivity index (χ1v) is 11.9. The third kappa shape index (κ3) is 6.36. The van der Waals surface area contributed by atoms with E-state index in [1.807, 2.05) is 4.90 Å². The van der Waals surface area contributed by atoms with Crippen molar-refractivity contribution in [2.45, 2.75) is 64.8 Å². The van der Waals surface area contributed by atoms with Gasteiger partial charge in [-0.3, -0.25) is 4.79 Å². The minimum absolute atomic E-state index is 0.245. The quantitative estimate of drug-likeness (QED) is 0.545. The summed E-state index contributed by atoms with van der Waals surface area (Å²) in [4.78, 5) is 16.6. The molecule has 3 heterocycles. The van der Waals surface area contributed by atoms with Gasteiger partial charge in [0.1, 0.15) is 0 Å². The van der Waals surface area contributed by atoms with Crippen LogP contribution in [0.1, 0.15) is 58.8 Å². The number of hydrogen-bond acceptors (Lipinski definition) is 5. The fourth-order valence-electron chi connectivity index (χ4n) is 5.20. The predicted octanol–water partition coefficient (Wildman–Crippen LogP) is 4.24. The summed E-state index contributed by atoms with van der Waals surface area (Å²) < 4.78 is 16.5. The number of carbonyl (C=O) groups is 1. The SMILES string of the molecule is C=C1OCO/C1=C/C(=C(/C)COC)C1CCCC(CCCN2CCCC2=O)N(CC)C1. The van der Waals surface area contributed by atoms with Crippen molar-refractivity contribution in [2.24, 2.45) is 5.92 Å². The maximum atomic E-state index is 11.9. The first-order valence-electron chi connectivity index (χ1n) is 11.9. The molecular formula is C25H40N2O4. The van der Waals surface area contributed by atoms with Gasteiger partial charge in [-0.2, -0.15) is 0 Å². The molecule has 0 radical (unpaired) electrons. The van der Waals surface area contributed by atoms with E-state index in [4.69, 9.17) is 14.2 Å². The Labute approximate surface area is 187 Å². The van der Waals surface area contributed by atoms with Gasteiger partial charge >= 0.3 is 0 Å². The van der Waals surface area contributed by atoms with Crippen LogP contribution in [0.4, 0.5) is 0 Å². The summed E-state index contributed by atoms with van der Waals surface area (Å²) in [5, 5.41) is 0. The topological polar surface area (TPSA) is 51.2 Å². The Kier molecular flexibility index (Phi) is 9.02. The fourth-order valence-corrected chi connectivity index (χ4v) is 5.20. The highest BCUT2D eigenvalue weighted by Crippen LogP contribution is 2.33. The molecule has 3 aliphatic heterocycles. The van der Waals surface area contributed by atoms with Gasteiger partial charge in [-0.05, 0) is 68.7 Å². The van der Waals surface area contributed by atoms with Gasteiger partial charge in [0.05, 0.1) is 6.61 Å². The average molecular weight is 433 g/mol. The molecule has 174 valence electrons. The highest BCUT2D eigenvalue weighted by molar-refractivity contribution is 5.77. The molecule has 6 heteroatoms. The molecule has 1 amide bonds. The first kappa shape index (κ1) is 23.9. The first-order chi connectivity index (χ1) is 15.0. The Balaban J connectivity index is 1.67. The molecule has 0 bridgehead atoms. The minimum atomic E-state index is 0.245. The summed E-state index contributed by atoms with van der Waals surface area (Å²) in [5.74, 6) is 2.12. The lowest BCUT2D eigenvalue weighted by Crippen LogP contribution is -2.38. The van der Waals surface area contributed by atoms with Crippen molar-refractivity contribution in [3.8, 4) is 0 Å². The van der Waals surface area contributed by atoms with Crippen LogP contribution in [0, 0.1) is 5.92 Å². The highest BCUT2D eigenvalue weighted by Gasteiger charge is 2.29. The number of likely N-dealkylation sites (tertiary alicyclic amines) is 2. The number of carbonyl (C=O) groups excluding carboxylic acids is 1. The molecule has 3 fully saturated rings. The van der Waals surface area contributed by atoms with Crippen molar-refractivity contribution in [1.82, 2.24) is 9.80 Å². The van der Waals surface area contributed by atoms with E-state index in [2.05, 4.69) is 31.4 Å². The molecule has 3 aliphatic rings. The number of nitrogens with zero attached hydrogens (tertiary/aromatic N) is 2. The molecule has 2 atom stereocenters. The number of allylic oxidation sites excluding steroid dienone is 1. The van der Waals surface area contributed by atoms with E-state index in [-0.39, 0.29) is 6.79 Å². The number of ether oxygens (including phenoxy) is 3. The monoisotopic (exact) mass is 432 g/mol. The van der Waals surface area contributed by atoms with Gasteiger partial charge in [0, 0.05) is 39.2 Å². The van der Waals surface area contributed by atoms with Crippen molar-refractivity contribution < 1.29 is 19.0 Å². The highest BCUT2D eigenvalue weighted by atomic mass is 16.7. The molecule has 3 rings (SSSR count). The molecule has 0 aliphatic carbocycles. The zero-order valence-corrected chi connectivity index (χ0v) is 19.7. The molecule has 2 unspecified atom stereocenters. The van der Waals surface area contributed by atoms with E-state index in [1.54, 1.807) is 7.11 Å². The van der Waals surface area contributed by atoms with Crippen LogP contribution in [0.15, 0.2) is 35.3 Å². The average Bonchev–Trinajstić information content (AvgIpc) is 3.29. The molecule has 0 aromatic heterocycles. The summed E-state index contributed by atoms with van der Waals surface area (Å²) in [7, 11) is 1.74. The number of rotatable bonds is 9. The second kappa shape index (κ2) is 11.7. The predicted molar refractivity (Wildman–Crippen MR) is 122 cm³/mol. The Hall–Kier alpha value is -1.79. The number of methoxy groups -OCH3 is 1. The largest absolute Gasteiger partial charge is 0.454 e. The third-order valence-electron chi connectivity index (χ3n) is 6.91. The van der Waals surface area contributed by atoms with Crippen LogP contribution in [0.5, 0.6) is 0 Å². The second-order valence-electron chi connectivity index (χ2n) is 9.00. The Bertz CT molecular complexity index is 700. The lowest BCUT2D eigenvalue weighted by Gasteiger charge is -2.32. The van der Waals surface area contributed by atoms with Crippen LogP contribution >= 0.6 is 0 Å². The van der Waals surface area contributed by atoms with Gasteiger partial charge in [-0.1, -0.05) is 19.9 Å². The number of hydrogen-bond donors (Lipinski definition) is 0. The van der Waals surface area contributed by atoms with E-state index in [9.17, 15) is 4.79 Å². The molecule has 0 aromatic rings. The van der Waals surface area contributed by atoms with E-state index in [0.717, 1.165) is 64.0 Å². The lowest BCUT2D eigenvalue weighted by atomic mass is 9.90. The second-order valence-corrected chi connectivity index (χ2v) is 9.00. The summed E-state index contributed by atoms with van der Waals surface area (Å²) >= 11 is 0. The van der Waals surface area contributed by atoms with Crippen molar-refractivity contribution in [3.63, 3.8) is 0 Å². The molecule has 31 heavy (non-hydrogen) atoms. The standard InChI is InChI=1S/C25H40N2O4/c1-5-26-16-21(23(19(2)17-29-4)15-24-20(3)30-18-31-24)9-6-10-22(26)11-7-13-27-14-8-12-25(27)28/h15,21-22H,3,5-14,16-18H2,1-2,4H3/b23-19+,24-15+. The normalized spacial score (nSPS) is 27.3. The van der Waals surface area contributed by atoms with Gasteiger partial charge in [-0.15, -0.1) is 0 Å². The minimum Gasteiger partial charge on any atom is -0.454 e. The molecule has 0 spiro atoms. The van der Waals surface area contributed by atoms with Gasteiger partial charge in [-0.25, -0.2) is 0 Å². The van der Waals surface area contributed by atoms with E-state index < -0.39 is 0 Å². The summed E-state index contributed by atoms with van der Waals surface area (Å²) in [6, 6.07) is 0.588. The zero-order valence-electron chi connectivity index (χ0n) is 19.7. The van der Waals surface area contributed by atoms with Crippen molar-refractivity contribution in [3.05, 3.63) is 35.3 Å². The molecule has 0 saturated carbocycles. The maximum Gasteiger partial charge on any atom is 0.231 e. The van der Waals surface area contributed by atoms with Crippen LogP contribution < -0.4 is 0 Å². The molecular weight excluding hydrogens is 392 g/mol. The van der Waals surface area contributed by atoms with E-state index >= 15 is 0 Å². The third-order valence-corrected chi connectivity index (χ3v) is 6.91. The van der Waals surface area contributed by atoms with Crippen molar-refractivity contribution >= 4 is 5.91 Å². The summed E-state index contributed by atoms with van der Waals surface area (Å²) in [6.07, 6.45) is 9.73. The van der Waals surface area contributed by atoms with Crippen LogP contribution in [0.2, 0.25) is 0 Å². The summed E-state index contributed by atoms with van der Waals surface area (Å²) in [6.45, 7) is 13.2. The maximum absolute atomic E-state index is 11.9. The molecule has 3 saturated heterocycles. The smallest absolute Gasteiger partial charge is 0.231 e. The van der Waals surface area contributed by atoms with E-state index in [1.165, 1.54) is 24.0 Å². The van der Waals surface area contributed by atoms with Gasteiger partial charge in [0.2, 0.25) is 12.7 Å². The summed E-state index contributed by atoms with van der Waals surface area (Å²) in [5.41, 5.74) is 2.54. The van der Waals surface area contributed by atoms with E-state index in [0.29, 0.717) is 30.2 Å². The Morgan fingerprint density at radius 1 is 1.29 bits per heavy atom. The van der Waals surface area contributed by atoms with Crippen LogP contribution in [-0.4, -0.2) is 68.4 Å². The molecule has 0 N–H and O–H groups in total. The van der Waals surface area contributed by atoms with Crippen LogP contribution in [0.3, 0.4) is 0 Å². The van der Waals surface area contributed by atoms with Gasteiger partial charge in [0.25, 0.3) is 0 Å². The van der Waals surface area contributed by atoms with Crippen molar-refractivity contribution in [2.75, 3.05) is 46.7 Å². The fraction of sp³-hybridized carbons (Fsp3) is 0.720.